The Bertz CT molecular complexity index is 349. The van der Waals surface area contributed by atoms with Crippen LogP contribution in [0.3, 0.4) is 0 Å². The van der Waals surface area contributed by atoms with E-state index in [1.807, 2.05) is 30.3 Å². The van der Waals surface area contributed by atoms with Gasteiger partial charge in [-0.25, -0.2) is 4.79 Å². The molecule has 2 unspecified atom stereocenters. The largest absolute Gasteiger partial charge is 0.444 e. The molecule has 1 N–H and O–H groups in total. The van der Waals surface area contributed by atoms with E-state index >= 15 is 0 Å². The molecule has 0 aromatic heterocycles. The molecular weight excluding hydrogens is 226 g/mol. The van der Waals surface area contributed by atoms with Gasteiger partial charge in [0.15, 0.2) is 0 Å². The summed E-state index contributed by atoms with van der Waals surface area (Å²) in [6.07, 6.45) is 1.83. The minimum atomic E-state index is -0.748. The molecule has 0 spiro atoms. The topological polar surface area (TPSA) is 38.3 Å². The molecule has 1 aliphatic heterocycles. The molecule has 0 amide bonds. The maximum Gasteiger partial charge on any atom is 0.404 e. The summed E-state index contributed by atoms with van der Waals surface area (Å²) < 4.78 is 5.18. The number of benzene rings is 1. The lowest BCUT2D eigenvalue weighted by atomic mass is 10.0. The first-order valence-electron chi connectivity index (χ1n) is 5.42. The van der Waals surface area contributed by atoms with Crippen molar-refractivity contribution in [2.45, 2.75) is 25.0 Å². The molecule has 4 heteroatoms. The summed E-state index contributed by atoms with van der Waals surface area (Å²) in [5.74, 6) is 0. The van der Waals surface area contributed by atoms with Gasteiger partial charge in [-0.15, -0.1) is 0 Å². The predicted molar refractivity (Wildman–Crippen MR) is 62.5 cm³/mol. The third kappa shape index (κ3) is 2.74. The van der Waals surface area contributed by atoms with Crippen molar-refractivity contribution in [2.24, 2.45) is 0 Å². The Morgan fingerprint density at radius 1 is 1.44 bits per heavy atom. The van der Waals surface area contributed by atoms with E-state index in [2.05, 4.69) is 5.32 Å². The van der Waals surface area contributed by atoms with Crippen molar-refractivity contribution >= 4 is 17.0 Å². The third-order valence-electron chi connectivity index (χ3n) is 2.81. The minimum absolute atomic E-state index is 0.171. The second kappa shape index (κ2) is 5.32. The Labute approximate surface area is 99.7 Å². The van der Waals surface area contributed by atoms with Gasteiger partial charge >= 0.3 is 5.43 Å². The summed E-state index contributed by atoms with van der Waals surface area (Å²) in [6, 6.07) is 9.86. The summed E-state index contributed by atoms with van der Waals surface area (Å²) in [5.41, 5.74) is 0.235. The highest BCUT2D eigenvalue weighted by atomic mass is 35.5. The van der Waals surface area contributed by atoms with Crippen LogP contribution in [0.25, 0.3) is 0 Å². The Morgan fingerprint density at radius 3 is 2.75 bits per heavy atom. The maximum atomic E-state index is 10.9. The van der Waals surface area contributed by atoms with Crippen molar-refractivity contribution in [3.8, 4) is 0 Å². The summed E-state index contributed by atoms with van der Waals surface area (Å²) >= 11 is 5.31. The Hall–Kier alpha value is -1.06. The van der Waals surface area contributed by atoms with Crippen LogP contribution in [0.4, 0.5) is 4.79 Å². The van der Waals surface area contributed by atoms with Gasteiger partial charge in [-0.3, -0.25) is 0 Å². The van der Waals surface area contributed by atoms with Crippen molar-refractivity contribution < 1.29 is 9.53 Å². The van der Waals surface area contributed by atoms with Crippen molar-refractivity contribution in [1.29, 1.82) is 0 Å². The van der Waals surface area contributed by atoms with Gasteiger partial charge in [0.05, 0.1) is 0 Å². The zero-order valence-corrected chi connectivity index (χ0v) is 9.61. The van der Waals surface area contributed by atoms with Crippen molar-refractivity contribution in [1.82, 2.24) is 5.32 Å². The molecule has 0 bridgehead atoms. The van der Waals surface area contributed by atoms with E-state index in [-0.39, 0.29) is 12.1 Å². The van der Waals surface area contributed by atoms with E-state index in [1.54, 1.807) is 0 Å². The van der Waals surface area contributed by atoms with Gasteiger partial charge in [-0.1, -0.05) is 30.3 Å². The highest BCUT2D eigenvalue weighted by Gasteiger charge is 2.28. The fourth-order valence-corrected chi connectivity index (χ4v) is 2.19. The second-order valence-electron chi connectivity index (χ2n) is 3.89. The fraction of sp³-hybridized carbons (Fsp3) is 0.417. The van der Waals surface area contributed by atoms with Crippen LogP contribution in [0.1, 0.15) is 24.5 Å². The number of carbonyl (C=O) groups excluding carboxylic acids is 1. The molecule has 0 aliphatic carbocycles. The lowest BCUT2D eigenvalue weighted by Crippen LogP contribution is -2.31. The Morgan fingerprint density at radius 2 is 2.19 bits per heavy atom. The van der Waals surface area contributed by atoms with E-state index in [9.17, 15) is 4.79 Å². The summed E-state index contributed by atoms with van der Waals surface area (Å²) in [6.45, 7) is 0.966. The monoisotopic (exact) mass is 239 g/mol. The van der Waals surface area contributed by atoms with Crippen LogP contribution in [-0.4, -0.2) is 18.0 Å². The van der Waals surface area contributed by atoms with Gasteiger partial charge in [0.25, 0.3) is 0 Å². The second-order valence-corrected chi connectivity index (χ2v) is 4.20. The molecule has 1 fully saturated rings. The van der Waals surface area contributed by atoms with Crippen LogP contribution >= 0.6 is 11.6 Å². The lowest BCUT2D eigenvalue weighted by molar-refractivity contribution is 0.0987. The number of hydrogen-bond acceptors (Lipinski definition) is 3. The standard InChI is InChI=1S/C12H14ClNO2/c13-12(15)16-11(10-7-4-8-14-10)9-5-2-1-3-6-9/h1-3,5-6,10-11,14H,4,7-8H2. The number of rotatable bonds is 3. The highest BCUT2D eigenvalue weighted by Crippen LogP contribution is 2.27. The number of hydrogen-bond donors (Lipinski definition) is 1. The summed E-state index contributed by atoms with van der Waals surface area (Å²) in [4.78, 5) is 10.9. The van der Waals surface area contributed by atoms with E-state index in [0.29, 0.717) is 0 Å². The van der Waals surface area contributed by atoms with Crippen molar-refractivity contribution in [3.05, 3.63) is 35.9 Å². The van der Waals surface area contributed by atoms with Crippen LogP contribution in [0.15, 0.2) is 30.3 Å². The summed E-state index contributed by atoms with van der Waals surface area (Å²) in [5, 5.41) is 3.32. The fourth-order valence-electron chi connectivity index (χ4n) is 2.09. The maximum absolute atomic E-state index is 10.9. The highest BCUT2D eigenvalue weighted by molar-refractivity contribution is 6.61. The number of nitrogens with one attached hydrogen (secondary N) is 1. The average Bonchev–Trinajstić information content (AvgIpc) is 2.80. The van der Waals surface area contributed by atoms with E-state index in [0.717, 1.165) is 24.9 Å². The van der Waals surface area contributed by atoms with Gasteiger partial charge in [0.1, 0.15) is 6.10 Å². The van der Waals surface area contributed by atoms with Crippen LogP contribution in [-0.2, 0) is 4.74 Å². The third-order valence-corrected chi connectivity index (χ3v) is 2.90. The first kappa shape index (κ1) is 11.4. The van der Waals surface area contributed by atoms with Gasteiger partial charge in [0, 0.05) is 17.6 Å². The van der Waals surface area contributed by atoms with Gasteiger partial charge in [-0.2, -0.15) is 0 Å². The van der Waals surface area contributed by atoms with Crippen LogP contribution in [0, 0.1) is 0 Å². The van der Waals surface area contributed by atoms with E-state index in [1.165, 1.54) is 0 Å². The summed E-state index contributed by atoms with van der Waals surface area (Å²) in [7, 11) is 0. The molecule has 0 radical (unpaired) electrons. The molecule has 2 atom stereocenters. The zero-order valence-electron chi connectivity index (χ0n) is 8.86. The molecule has 3 nitrogen and oxygen atoms in total. The Kier molecular flexibility index (Phi) is 3.80. The molecule has 86 valence electrons. The first-order valence-corrected chi connectivity index (χ1v) is 5.79. The van der Waals surface area contributed by atoms with Crippen molar-refractivity contribution in [2.75, 3.05) is 6.54 Å². The first-order chi connectivity index (χ1) is 7.77. The quantitative estimate of drug-likeness (QED) is 0.825. The van der Waals surface area contributed by atoms with Crippen molar-refractivity contribution in [3.63, 3.8) is 0 Å². The van der Waals surface area contributed by atoms with Gasteiger partial charge < -0.3 is 10.1 Å². The van der Waals surface area contributed by atoms with Gasteiger partial charge in [0.2, 0.25) is 0 Å². The molecule has 1 heterocycles. The molecule has 2 rings (SSSR count). The molecule has 1 saturated heterocycles. The number of carbonyl (C=O) groups is 1. The Balaban J connectivity index is 2.16. The average molecular weight is 240 g/mol. The predicted octanol–water partition coefficient (Wildman–Crippen LogP) is 2.86. The SMILES string of the molecule is O=C(Cl)OC(c1ccccc1)C1CCCN1. The van der Waals surface area contributed by atoms with Gasteiger partial charge in [-0.05, 0) is 24.9 Å². The number of ether oxygens (including phenoxy) is 1. The molecular formula is C12H14ClNO2. The molecule has 1 aromatic rings. The molecule has 1 aromatic carbocycles. The zero-order chi connectivity index (χ0) is 11.4. The van der Waals surface area contributed by atoms with E-state index < -0.39 is 5.43 Å². The van der Waals surface area contributed by atoms with E-state index in [4.69, 9.17) is 16.3 Å². The molecule has 16 heavy (non-hydrogen) atoms. The molecule has 0 saturated carbocycles. The lowest BCUT2D eigenvalue weighted by Gasteiger charge is -2.23. The van der Waals surface area contributed by atoms with Crippen LogP contribution in [0.5, 0.6) is 0 Å². The van der Waals surface area contributed by atoms with Crippen LogP contribution in [0.2, 0.25) is 0 Å². The minimum Gasteiger partial charge on any atom is -0.444 e. The van der Waals surface area contributed by atoms with Crippen LogP contribution < -0.4 is 5.32 Å². The normalized spacial score (nSPS) is 21.7. The molecule has 1 aliphatic rings. The smallest absolute Gasteiger partial charge is 0.404 e. The number of halogens is 1.